The van der Waals surface area contributed by atoms with E-state index in [1.54, 1.807) is 0 Å². The van der Waals surface area contributed by atoms with E-state index in [0.29, 0.717) is 6.04 Å². The summed E-state index contributed by atoms with van der Waals surface area (Å²) in [4.78, 5) is 11.8. The van der Waals surface area contributed by atoms with Crippen LogP contribution in [0.5, 0.6) is 0 Å². The van der Waals surface area contributed by atoms with Crippen molar-refractivity contribution >= 4 is 11.7 Å². The molecule has 98 valence electrons. The van der Waals surface area contributed by atoms with Gasteiger partial charge in [0.15, 0.2) is 0 Å². The smallest absolute Gasteiger partial charge is 0.319 e. The highest BCUT2D eigenvalue weighted by Crippen LogP contribution is 2.10. The van der Waals surface area contributed by atoms with Crippen LogP contribution in [-0.2, 0) is 0 Å². The molecule has 2 atom stereocenters. The number of rotatable bonds is 2. The van der Waals surface area contributed by atoms with Crippen LogP contribution in [0.3, 0.4) is 0 Å². The van der Waals surface area contributed by atoms with Gasteiger partial charge in [-0.05, 0) is 38.8 Å². The molecule has 4 heteroatoms. The number of nitrogens with one attached hydrogen (secondary N) is 3. The molecule has 0 radical (unpaired) electrons. The maximum atomic E-state index is 11.8. The summed E-state index contributed by atoms with van der Waals surface area (Å²) in [6.07, 6.45) is 2.14. The Morgan fingerprint density at radius 3 is 2.61 bits per heavy atom. The number of amides is 2. The summed E-state index contributed by atoms with van der Waals surface area (Å²) in [7, 11) is 0. The summed E-state index contributed by atoms with van der Waals surface area (Å²) in [6.45, 7) is 5.05. The average molecular weight is 247 g/mol. The van der Waals surface area contributed by atoms with Crippen LogP contribution in [0.4, 0.5) is 10.5 Å². The number of hydrogen-bond acceptors (Lipinski definition) is 2. The number of benzene rings is 1. The molecule has 3 N–H and O–H groups in total. The van der Waals surface area contributed by atoms with E-state index < -0.39 is 0 Å². The molecular formula is C14H21N3O. The molecular weight excluding hydrogens is 226 g/mol. The van der Waals surface area contributed by atoms with E-state index >= 15 is 0 Å². The van der Waals surface area contributed by atoms with Gasteiger partial charge in [0.2, 0.25) is 0 Å². The molecule has 4 nitrogen and oxygen atoms in total. The van der Waals surface area contributed by atoms with Gasteiger partial charge in [-0.15, -0.1) is 0 Å². The number of aryl methyl sites for hydroxylation is 1. The molecule has 0 aromatic heterocycles. The summed E-state index contributed by atoms with van der Waals surface area (Å²) in [6, 6.07) is 8.46. The van der Waals surface area contributed by atoms with E-state index in [2.05, 4.69) is 22.9 Å². The van der Waals surface area contributed by atoms with Gasteiger partial charge in [-0.3, -0.25) is 0 Å². The van der Waals surface area contributed by atoms with E-state index in [0.717, 1.165) is 25.1 Å². The molecule has 18 heavy (non-hydrogen) atoms. The van der Waals surface area contributed by atoms with Crippen LogP contribution in [0, 0.1) is 6.92 Å². The van der Waals surface area contributed by atoms with Gasteiger partial charge >= 0.3 is 6.03 Å². The highest BCUT2D eigenvalue weighted by Gasteiger charge is 2.18. The standard InChI is InChI=1S/C14H21N3O/c1-10-3-6-12(7-4-10)16-14(18)17-13-8-5-11(2)15-9-13/h3-4,6-7,11,13,15H,5,8-9H2,1-2H3,(H2,16,17,18). The Morgan fingerprint density at radius 2 is 2.00 bits per heavy atom. The predicted octanol–water partition coefficient (Wildman–Crippen LogP) is 2.26. The molecule has 1 aliphatic rings. The molecule has 2 unspecified atom stereocenters. The lowest BCUT2D eigenvalue weighted by atomic mass is 10.0. The minimum absolute atomic E-state index is 0.125. The molecule has 0 bridgehead atoms. The predicted molar refractivity (Wildman–Crippen MR) is 73.8 cm³/mol. The highest BCUT2D eigenvalue weighted by molar-refractivity contribution is 5.89. The third-order valence-corrected chi connectivity index (χ3v) is 3.31. The van der Waals surface area contributed by atoms with E-state index in [1.807, 2.05) is 31.2 Å². The Hall–Kier alpha value is -1.55. The summed E-state index contributed by atoms with van der Waals surface area (Å²) >= 11 is 0. The molecule has 2 rings (SSSR count). The lowest BCUT2D eigenvalue weighted by Gasteiger charge is -2.28. The van der Waals surface area contributed by atoms with Crippen LogP contribution in [0.15, 0.2) is 24.3 Å². The van der Waals surface area contributed by atoms with Gasteiger partial charge in [0.25, 0.3) is 0 Å². The topological polar surface area (TPSA) is 53.2 Å². The van der Waals surface area contributed by atoms with E-state index in [1.165, 1.54) is 5.56 Å². The van der Waals surface area contributed by atoms with Crippen molar-refractivity contribution in [1.82, 2.24) is 10.6 Å². The lowest BCUT2D eigenvalue weighted by molar-refractivity contribution is 0.243. The Bertz CT molecular complexity index is 394. The van der Waals surface area contributed by atoms with E-state index in [4.69, 9.17) is 0 Å². The van der Waals surface area contributed by atoms with Crippen molar-refractivity contribution in [3.05, 3.63) is 29.8 Å². The molecule has 1 saturated heterocycles. The number of piperidine rings is 1. The van der Waals surface area contributed by atoms with E-state index in [9.17, 15) is 4.79 Å². The lowest BCUT2D eigenvalue weighted by Crippen LogP contribution is -2.49. The van der Waals surface area contributed by atoms with Gasteiger partial charge in [0.1, 0.15) is 0 Å². The molecule has 1 aromatic rings. The fourth-order valence-corrected chi connectivity index (χ4v) is 2.11. The van der Waals surface area contributed by atoms with Gasteiger partial charge in [0, 0.05) is 24.3 Å². The maximum absolute atomic E-state index is 11.8. The van der Waals surface area contributed by atoms with Crippen molar-refractivity contribution in [3.8, 4) is 0 Å². The summed E-state index contributed by atoms with van der Waals surface area (Å²) in [5, 5.41) is 9.21. The van der Waals surface area contributed by atoms with Crippen molar-refractivity contribution < 1.29 is 4.79 Å². The van der Waals surface area contributed by atoms with Crippen LogP contribution >= 0.6 is 0 Å². The zero-order valence-electron chi connectivity index (χ0n) is 11.0. The molecule has 1 aromatic carbocycles. The number of urea groups is 1. The Kier molecular flexibility index (Phi) is 4.20. The minimum atomic E-state index is -0.125. The molecule has 0 aliphatic carbocycles. The number of carbonyl (C=O) groups excluding carboxylic acids is 1. The third kappa shape index (κ3) is 3.74. The first-order valence-electron chi connectivity index (χ1n) is 6.51. The van der Waals surface area contributed by atoms with Crippen molar-refractivity contribution in [2.45, 2.75) is 38.8 Å². The largest absolute Gasteiger partial charge is 0.334 e. The third-order valence-electron chi connectivity index (χ3n) is 3.31. The van der Waals surface area contributed by atoms with E-state index in [-0.39, 0.29) is 12.1 Å². The summed E-state index contributed by atoms with van der Waals surface area (Å²) in [5.41, 5.74) is 2.02. The fourth-order valence-electron chi connectivity index (χ4n) is 2.11. The van der Waals surface area contributed by atoms with Gasteiger partial charge in [0.05, 0.1) is 0 Å². The number of carbonyl (C=O) groups is 1. The first-order valence-corrected chi connectivity index (χ1v) is 6.51. The fraction of sp³-hybridized carbons (Fsp3) is 0.500. The van der Waals surface area contributed by atoms with Crippen molar-refractivity contribution in [3.63, 3.8) is 0 Å². The van der Waals surface area contributed by atoms with Crippen LogP contribution in [-0.4, -0.2) is 24.7 Å². The normalized spacial score (nSPS) is 23.4. The minimum Gasteiger partial charge on any atom is -0.334 e. The zero-order chi connectivity index (χ0) is 13.0. The van der Waals surface area contributed by atoms with Crippen molar-refractivity contribution in [2.75, 3.05) is 11.9 Å². The van der Waals surface area contributed by atoms with Crippen LogP contribution in [0.1, 0.15) is 25.3 Å². The molecule has 1 heterocycles. The number of anilines is 1. The SMILES string of the molecule is Cc1ccc(NC(=O)NC2CCC(C)NC2)cc1. The monoisotopic (exact) mass is 247 g/mol. The second-order valence-electron chi connectivity index (χ2n) is 5.05. The van der Waals surface area contributed by atoms with Gasteiger partial charge < -0.3 is 16.0 Å². The highest BCUT2D eigenvalue weighted by atomic mass is 16.2. The van der Waals surface area contributed by atoms with Crippen LogP contribution in [0.2, 0.25) is 0 Å². The van der Waals surface area contributed by atoms with Gasteiger partial charge in [-0.2, -0.15) is 0 Å². The quantitative estimate of drug-likeness (QED) is 0.751. The Morgan fingerprint density at radius 1 is 1.28 bits per heavy atom. The number of hydrogen-bond donors (Lipinski definition) is 3. The first kappa shape index (κ1) is 12.9. The Labute approximate surface area is 108 Å². The molecule has 1 aliphatic heterocycles. The zero-order valence-corrected chi connectivity index (χ0v) is 11.0. The Balaban J connectivity index is 1.80. The van der Waals surface area contributed by atoms with Crippen molar-refractivity contribution in [2.24, 2.45) is 0 Å². The second kappa shape index (κ2) is 5.87. The average Bonchev–Trinajstić information content (AvgIpc) is 2.35. The summed E-state index contributed by atoms with van der Waals surface area (Å²) in [5.74, 6) is 0. The van der Waals surface area contributed by atoms with Crippen LogP contribution in [0.25, 0.3) is 0 Å². The molecule has 1 fully saturated rings. The van der Waals surface area contributed by atoms with Crippen molar-refractivity contribution in [1.29, 1.82) is 0 Å². The molecule has 2 amide bonds. The second-order valence-corrected chi connectivity index (χ2v) is 5.05. The first-order chi connectivity index (χ1) is 8.63. The van der Waals surface area contributed by atoms with Crippen LogP contribution < -0.4 is 16.0 Å². The summed E-state index contributed by atoms with van der Waals surface area (Å²) < 4.78 is 0. The van der Waals surface area contributed by atoms with Gasteiger partial charge in [-0.1, -0.05) is 17.7 Å². The van der Waals surface area contributed by atoms with Gasteiger partial charge in [-0.25, -0.2) is 4.79 Å². The maximum Gasteiger partial charge on any atom is 0.319 e. The molecule has 0 spiro atoms. The molecule has 0 saturated carbocycles.